The van der Waals surface area contributed by atoms with Gasteiger partial charge in [-0.05, 0) is 38.8 Å². The van der Waals surface area contributed by atoms with Crippen molar-refractivity contribution in [1.82, 2.24) is 25.3 Å². The van der Waals surface area contributed by atoms with E-state index in [-0.39, 0.29) is 12.1 Å². The molecule has 1 saturated heterocycles. The third-order valence-electron chi connectivity index (χ3n) is 4.78. The Morgan fingerprint density at radius 1 is 1.24 bits per heavy atom. The number of nitrogens with zero attached hydrogens (tertiary/aromatic N) is 4. The summed E-state index contributed by atoms with van der Waals surface area (Å²) in [5, 5.41) is 11.2. The molecule has 0 saturated carbocycles. The van der Waals surface area contributed by atoms with E-state index in [1.54, 1.807) is 4.90 Å². The highest BCUT2D eigenvalue weighted by Crippen LogP contribution is 2.12. The maximum Gasteiger partial charge on any atom is 0.409 e. The van der Waals surface area contributed by atoms with Crippen molar-refractivity contribution >= 4 is 12.1 Å². The summed E-state index contributed by atoms with van der Waals surface area (Å²) in [6.45, 7) is 7.01. The van der Waals surface area contributed by atoms with Crippen LogP contribution in [0.4, 0.5) is 4.79 Å². The van der Waals surface area contributed by atoms with Gasteiger partial charge in [0.25, 0.3) is 0 Å². The fourth-order valence-corrected chi connectivity index (χ4v) is 3.27. The zero-order valence-electron chi connectivity index (χ0n) is 17.2. The van der Waals surface area contributed by atoms with Gasteiger partial charge in [0.05, 0.1) is 25.0 Å². The Hall–Kier alpha value is -3.03. The van der Waals surface area contributed by atoms with Crippen LogP contribution in [0.15, 0.2) is 47.7 Å². The number of rotatable bonds is 6. The Balaban J connectivity index is 1.54. The van der Waals surface area contributed by atoms with Crippen molar-refractivity contribution in [2.45, 2.75) is 39.3 Å². The average Bonchev–Trinajstić information content (AvgIpc) is 3.23. The molecule has 1 aromatic heterocycles. The SMILES string of the molecule is CCNC(=NCc1cnn(-c2ccccc2)c1)NC1CCN(C(=O)OCC)CC1. The number of carbonyl (C=O) groups is 1. The number of hydrogen-bond donors (Lipinski definition) is 2. The largest absolute Gasteiger partial charge is 0.450 e. The number of ether oxygens (including phenoxy) is 1. The zero-order chi connectivity index (χ0) is 20.5. The molecule has 29 heavy (non-hydrogen) atoms. The maximum atomic E-state index is 11.8. The number of piperidine rings is 1. The van der Waals surface area contributed by atoms with E-state index in [0.29, 0.717) is 26.2 Å². The van der Waals surface area contributed by atoms with E-state index in [9.17, 15) is 4.79 Å². The predicted octanol–water partition coefficient (Wildman–Crippen LogP) is 2.55. The predicted molar refractivity (Wildman–Crippen MR) is 113 cm³/mol. The summed E-state index contributed by atoms with van der Waals surface area (Å²) < 4.78 is 6.94. The lowest BCUT2D eigenvalue weighted by atomic mass is 10.1. The first kappa shape index (κ1) is 20.7. The summed E-state index contributed by atoms with van der Waals surface area (Å²) in [4.78, 5) is 18.3. The van der Waals surface area contributed by atoms with Gasteiger partial charge in [-0.25, -0.2) is 14.5 Å². The van der Waals surface area contributed by atoms with Crippen LogP contribution in [0.5, 0.6) is 0 Å². The molecule has 2 aromatic rings. The van der Waals surface area contributed by atoms with Gasteiger partial charge in [0.2, 0.25) is 0 Å². The number of benzene rings is 1. The van der Waals surface area contributed by atoms with Crippen molar-refractivity contribution in [2.75, 3.05) is 26.2 Å². The number of para-hydroxylation sites is 1. The van der Waals surface area contributed by atoms with E-state index in [2.05, 4.69) is 15.7 Å². The van der Waals surface area contributed by atoms with Gasteiger partial charge in [0, 0.05) is 37.4 Å². The maximum absolute atomic E-state index is 11.8. The van der Waals surface area contributed by atoms with E-state index in [0.717, 1.165) is 36.6 Å². The molecule has 1 amide bonds. The van der Waals surface area contributed by atoms with Crippen molar-refractivity contribution in [3.8, 4) is 5.69 Å². The van der Waals surface area contributed by atoms with Crippen LogP contribution >= 0.6 is 0 Å². The van der Waals surface area contributed by atoms with Crippen LogP contribution in [0, 0.1) is 0 Å². The van der Waals surface area contributed by atoms with Crippen molar-refractivity contribution in [3.05, 3.63) is 48.3 Å². The Labute approximate surface area is 171 Å². The lowest BCUT2D eigenvalue weighted by Gasteiger charge is -2.32. The second-order valence-electron chi connectivity index (χ2n) is 6.93. The number of hydrogen-bond acceptors (Lipinski definition) is 4. The minimum absolute atomic E-state index is 0.220. The molecule has 1 fully saturated rings. The standard InChI is InChI=1S/C21H30N6O2/c1-3-22-20(25-18-10-12-26(13-11-18)21(28)29-4-2)23-14-17-15-24-27(16-17)19-8-6-5-7-9-19/h5-9,15-16,18H,3-4,10-14H2,1-2H3,(H2,22,23,25). The van der Waals surface area contributed by atoms with Gasteiger partial charge >= 0.3 is 6.09 Å². The number of nitrogens with one attached hydrogen (secondary N) is 2. The molecule has 156 valence electrons. The number of aromatic nitrogens is 2. The molecule has 0 spiro atoms. The Bertz CT molecular complexity index is 797. The van der Waals surface area contributed by atoms with Crippen LogP contribution < -0.4 is 10.6 Å². The third kappa shape index (κ3) is 5.97. The lowest BCUT2D eigenvalue weighted by Crippen LogP contribution is -2.49. The molecular formula is C21H30N6O2. The van der Waals surface area contributed by atoms with Gasteiger partial charge in [-0.1, -0.05) is 18.2 Å². The summed E-state index contributed by atoms with van der Waals surface area (Å²) in [5.74, 6) is 0.787. The fraction of sp³-hybridized carbons (Fsp3) is 0.476. The normalized spacial score (nSPS) is 15.2. The minimum Gasteiger partial charge on any atom is -0.450 e. The average molecular weight is 399 g/mol. The molecular weight excluding hydrogens is 368 g/mol. The van der Waals surface area contributed by atoms with E-state index >= 15 is 0 Å². The number of amides is 1. The molecule has 2 N–H and O–H groups in total. The molecule has 1 aromatic carbocycles. The molecule has 3 rings (SSSR count). The van der Waals surface area contributed by atoms with Crippen LogP contribution in [-0.4, -0.2) is 59.0 Å². The molecule has 0 radical (unpaired) electrons. The molecule has 8 nitrogen and oxygen atoms in total. The monoisotopic (exact) mass is 398 g/mol. The molecule has 1 aliphatic heterocycles. The highest BCUT2D eigenvalue weighted by Gasteiger charge is 2.24. The van der Waals surface area contributed by atoms with E-state index < -0.39 is 0 Å². The molecule has 8 heteroatoms. The van der Waals surface area contributed by atoms with Gasteiger partial charge in [0.1, 0.15) is 0 Å². The summed E-state index contributed by atoms with van der Waals surface area (Å²) in [6, 6.07) is 10.3. The van der Waals surface area contributed by atoms with Crippen LogP contribution in [0.25, 0.3) is 5.69 Å². The number of likely N-dealkylation sites (tertiary alicyclic amines) is 1. The molecule has 2 heterocycles. The Morgan fingerprint density at radius 2 is 2.00 bits per heavy atom. The van der Waals surface area contributed by atoms with Crippen LogP contribution in [0.2, 0.25) is 0 Å². The quantitative estimate of drug-likeness (QED) is 0.577. The molecule has 0 atom stereocenters. The molecule has 0 unspecified atom stereocenters. The summed E-state index contributed by atoms with van der Waals surface area (Å²) in [5.41, 5.74) is 2.07. The van der Waals surface area contributed by atoms with Crippen molar-refractivity contribution in [3.63, 3.8) is 0 Å². The van der Waals surface area contributed by atoms with Gasteiger partial charge in [-0.3, -0.25) is 0 Å². The van der Waals surface area contributed by atoms with E-state index in [4.69, 9.17) is 9.73 Å². The first-order valence-corrected chi connectivity index (χ1v) is 10.2. The Kier molecular flexibility index (Phi) is 7.49. The highest BCUT2D eigenvalue weighted by molar-refractivity contribution is 5.80. The fourth-order valence-electron chi connectivity index (χ4n) is 3.27. The third-order valence-corrected chi connectivity index (χ3v) is 4.78. The van der Waals surface area contributed by atoms with Crippen LogP contribution in [0.1, 0.15) is 32.3 Å². The number of aliphatic imine (C=N–C) groups is 1. The lowest BCUT2D eigenvalue weighted by molar-refractivity contribution is 0.0963. The van der Waals surface area contributed by atoms with Gasteiger partial charge in [-0.15, -0.1) is 0 Å². The van der Waals surface area contributed by atoms with Gasteiger partial charge < -0.3 is 20.3 Å². The number of carbonyl (C=O) groups excluding carboxylic acids is 1. The van der Waals surface area contributed by atoms with E-state index in [1.165, 1.54) is 0 Å². The highest BCUT2D eigenvalue weighted by atomic mass is 16.6. The van der Waals surface area contributed by atoms with Gasteiger partial charge in [-0.2, -0.15) is 5.10 Å². The van der Waals surface area contributed by atoms with Crippen LogP contribution in [-0.2, 0) is 11.3 Å². The first-order chi connectivity index (χ1) is 14.2. The van der Waals surface area contributed by atoms with Crippen LogP contribution in [0.3, 0.4) is 0 Å². The molecule has 1 aliphatic rings. The zero-order valence-corrected chi connectivity index (χ0v) is 17.2. The second-order valence-corrected chi connectivity index (χ2v) is 6.93. The number of guanidine groups is 1. The van der Waals surface area contributed by atoms with E-state index in [1.807, 2.05) is 61.3 Å². The summed E-state index contributed by atoms with van der Waals surface area (Å²) >= 11 is 0. The van der Waals surface area contributed by atoms with Crippen molar-refractivity contribution in [2.24, 2.45) is 4.99 Å². The smallest absolute Gasteiger partial charge is 0.409 e. The Morgan fingerprint density at radius 3 is 2.69 bits per heavy atom. The van der Waals surface area contributed by atoms with Crippen molar-refractivity contribution in [1.29, 1.82) is 0 Å². The van der Waals surface area contributed by atoms with Gasteiger partial charge in [0.15, 0.2) is 5.96 Å². The second kappa shape index (κ2) is 10.5. The first-order valence-electron chi connectivity index (χ1n) is 10.2. The topological polar surface area (TPSA) is 83.8 Å². The minimum atomic E-state index is -0.220. The summed E-state index contributed by atoms with van der Waals surface area (Å²) in [7, 11) is 0. The molecule has 0 aliphatic carbocycles. The summed E-state index contributed by atoms with van der Waals surface area (Å²) in [6.07, 6.45) is 5.37. The van der Waals surface area contributed by atoms with Crippen molar-refractivity contribution < 1.29 is 9.53 Å². The molecule has 0 bridgehead atoms.